The first-order valence-corrected chi connectivity index (χ1v) is 10.2. The molecule has 1 heterocycles. The normalized spacial score (nSPS) is 20.9. The second-order valence-corrected chi connectivity index (χ2v) is 7.28. The lowest BCUT2D eigenvalue weighted by Gasteiger charge is -2.29. The number of amides is 1. The van der Waals surface area contributed by atoms with Crippen LogP contribution in [-0.2, 0) is 11.3 Å². The van der Waals surface area contributed by atoms with Gasteiger partial charge in [0.05, 0.1) is 19.8 Å². The standard InChI is InChI=1S/C21H32N2O3/c1-2-25-19-12-8-9-17-15-23(18-10-4-5-11-18)16-20(24)22-13-6-3-7-14-26-21(17)19/h8-9,12,18H,2-7,10-11,13-16H2,1H3,(H,22,24). The van der Waals surface area contributed by atoms with Crippen LogP contribution in [0.25, 0.3) is 0 Å². The van der Waals surface area contributed by atoms with Crippen molar-refractivity contribution in [3.63, 3.8) is 0 Å². The van der Waals surface area contributed by atoms with E-state index in [4.69, 9.17) is 9.47 Å². The predicted molar refractivity (Wildman–Crippen MR) is 103 cm³/mol. The Labute approximate surface area is 157 Å². The van der Waals surface area contributed by atoms with Gasteiger partial charge in [0, 0.05) is 24.7 Å². The van der Waals surface area contributed by atoms with Gasteiger partial charge in [0.15, 0.2) is 11.5 Å². The van der Waals surface area contributed by atoms with Crippen LogP contribution in [-0.4, -0.2) is 43.2 Å². The first kappa shape index (κ1) is 19.0. The van der Waals surface area contributed by atoms with E-state index in [0.717, 1.165) is 49.4 Å². The lowest BCUT2D eigenvalue weighted by molar-refractivity contribution is -0.123. The topological polar surface area (TPSA) is 50.8 Å². The third-order valence-electron chi connectivity index (χ3n) is 5.31. The van der Waals surface area contributed by atoms with Crippen LogP contribution in [0.2, 0.25) is 0 Å². The molecular weight excluding hydrogens is 328 g/mol. The maximum atomic E-state index is 12.4. The molecule has 0 aromatic heterocycles. The number of carbonyl (C=O) groups is 1. The molecule has 2 aliphatic rings. The van der Waals surface area contributed by atoms with E-state index < -0.39 is 0 Å². The Hall–Kier alpha value is -1.75. The van der Waals surface area contributed by atoms with Gasteiger partial charge in [-0.3, -0.25) is 9.69 Å². The first-order chi connectivity index (χ1) is 12.8. The summed E-state index contributed by atoms with van der Waals surface area (Å²) in [5.41, 5.74) is 1.12. The van der Waals surface area contributed by atoms with Crippen molar-refractivity contribution in [1.82, 2.24) is 10.2 Å². The molecule has 0 bridgehead atoms. The number of fused-ring (bicyclic) bond motifs is 1. The van der Waals surface area contributed by atoms with Crippen molar-refractivity contribution in [1.29, 1.82) is 0 Å². The van der Waals surface area contributed by atoms with Gasteiger partial charge in [-0.05, 0) is 45.1 Å². The van der Waals surface area contributed by atoms with E-state index in [9.17, 15) is 4.79 Å². The molecule has 0 saturated heterocycles. The zero-order chi connectivity index (χ0) is 18.2. The van der Waals surface area contributed by atoms with Crippen molar-refractivity contribution in [3.05, 3.63) is 23.8 Å². The summed E-state index contributed by atoms with van der Waals surface area (Å²) in [5, 5.41) is 3.08. The molecule has 1 fully saturated rings. The first-order valence-electron chi connectivity index (χ1n) is 10.2. The summed E-state index contributed by atoms with van der Waals surface area (Å²) in [6.45, 7) is 5.25. The monoisotopic (exact) mass is 360 g/mol. The minimum atomic E-state index is 0.138. The lowest BCUT2D eigenvalue weighted by atomic mass is 10.1. The number of rotatable bonds is 3. The molecule has 1 N–H and O–H groups in total. The van der Waals surface area contributed by atoms with Gasteiger partial charge in [0.2, 0.25) is 5.91 Å². The minimum Gasteiger partial charge on any atom is -0.490 e. The molecule has 1 aromatic rings. The maximum absolute atomic E-state index is 12.4. The number of ether oxygens (including phenoxy) is 2. The number of nitrogens with one attached hydrogen (secondary N) is 1. The van der Waals surface area contributed by atoms with Gasteiger partial charge < -0.3 is 14.8 Å². The van der Waals surface area contributed by atoms with Crippen LogP contribution in [0.3, 0.4) is 0 Å². The third-order valence-corrected chi connectivity index (χ3v) is 5.31. The Bertz CT molecular complexity index is 585. The number of benzene rings is 1. The molecule has 1 aliphatic heterocycles. The Morgan fingerprint density at radius 3 is 2.81 bits per heavy atom. The van der Waals surface area contributed by atoms with Crippen molar-refractivity contribution >= 4 is 5.91 Å². The van der Waals surface area contributed by atoms with Crippen molar-refractivity contribution in [2.45, 2.75) is 64.5 Å². The van der Waals surface area contributed by atoms with Crippen LogP contribution in [0.4, 0.5) is 0 Å². The van der Waals surface area contributed by atoms with Gasteiger partial charge in [-0.2, -0.15) is 0 Å². The fourth-order valence-corrected chi connectivity index (χ4v) is 3.97. The smallest absolute Gasteiger partial charge is 0.234 e. The SMILES string of the molecule is CCOc1cccc2c1OCCCCCNC(=O)CN(C1CCCC1)C2. The molecule has 1 aromatic carbocycles. The predicted octanol–water partition coefficient (Wildman–Crippen LogP) is 3.51. The molecule has 26 heavy (non-hydrogen) atoms. The van der Waals surface area contributed by atoms with Crippen molar-refractivity contribution in [2.24, 2.45) is 0 Å². The summed E-state index contributed by atoms with van der Waals surface area (Å²) in [6, 6.07) is 6.59. The summed E-state index contributed by atoms with van der Waals surface area (Å²) in [7, 11) is 0. The highest BCUT2D eigenvalue weighted by Crippen LogP contribution is 2.34. The van der Waals surface area contributed by atoms with E-state index in [0.29, 0.717) is 25.8 Å². The summed E-state index contributed by atoms with van der Waals surface area (Å²) in [5.74, 6) is 1.81. The number of para-hydroxylation sites is 1. The molecule has 0 radical (unpaired) electrons. The van der Waals surface area contributed by atoms with Crippen molar-refractivity contribution < 1.29 is 14.3 Å². The van der Waals surface area contributed by atoms with E-state index in [2.05, 4.69) is 16.3 Å². The van der Waals surface area contributed by atoms with E-state index >= 15 is 0 Å². The van der Waals surface area contributed by atoms with Crippen LogP contribution in [0.1, 0.15) is 57.4 Å². The Kier molecular flexibility index (Phi) is 7.18. The molecule has 1 saturated carbocycles. The molecule has 1 aliphatic carbocycles. The molecule has 144 valence electrons. The Morgan fingerprint density at radius 2 is 2.00 bits per heavy atom. The molecule has 0 unspecified atom stereocenters. The Balaban J connectivity index is 1.86. The van der Waals surface area contributed by atoms with Gasteiger partial charge in [-0.1, -0.05) is 25.0 Å². The van der Waals surface area contributed by atoms with Gasteiger partial charge >= 0.3 is 0 Å². The molecular formula is C21H32N2O3. The van der Waals surface area contributed by atoms with Crippen LogP contribution in [0, 0.1) is 0 Å². The van der Waals surface area contributed by atoms with Crippen LogP contribution >= 0.6 is 0 Å². The highest BCUT2D eigenvalue weighted by atomic mass is 16.5. The van der Waals surface area contributed by atoms with Crippen molar-refractivity contribution in [2.75, 3.05) is 26.3 Å². The highest BCUT2D eigenvalue weighted by Gasteiger charge is 2.26. The highest BCUT2D eigenvalue weighted by molar-refractivity contribution is 5.78. The zero-order valence-corrected chi connectivity index (χ0v) is 16.0. The van der Waals surface area contributed by atoms with Gasteiger partial charge in [-0.15, -0.1) is 0 Å². The van der Waals surface area contributed by atoms with Crippen molar-refractivity contribution in [3.8, 4) is 11.5 Å². The second kappa shape index (κ2) is 9.81. The van der Waals surface area contributed by atoms with Gasteiger partial charge in [-0.25, -0.2) is 0 Å². The van der Waals surface area contributed by atoms with Gasteiger partial charge in [0.1, 0.15) is 0 Å². The third kappa shape index (κ3) is 5.13. The largest absolute Gasteiger partial charge is 0.490 e. The molecule has 5 heteroatoms. The molecule has 3 rings (SSSR count). The Morgan fingerprint density at radius 1 is 1.15 bits per heavy atom. The summed E-state index contributed by atoms with van der Waals surface area (Å²) >= 11 is 0. The minimum absolute atomic E-state index is 0.138. The van der Waals surface area contributed by atoms with Crippen LogP contribution in [0.15, 0.2) is 18.2 Å². The van der Waals surface area contributed by atoms with E-state index in [1.807, 2.05) is 19.1 Å². The molecule has 0 spiro atoms. The van der Waals surface area contributed by atoms with Crippen LogP contribution in [0.5, 0.6) is 11.5 Å². The molecule has 5 nitrogen and oxygen atoms in total. The lowest BCUT2D eigenvalue weighted by Crippen LogP contribution is -2.41. The quantitative estimate of drug-likeness (QED) is 0.896. The summed E-state index contributed by atoms with van der Waals surface area (Å²) in [6.07, 6.45) is 7.90. The fraction of sp³-hybridized carbons (Fsp3) is 0.667. The van der Waals surface area contributed by atoms with E-state index in [1.54, 1.807) is 0 Å². The second-order valence-electron chi connectivity index (χ2n) is 7.28. The average molecular weight is 360 g/mol. The number of nitrogens with zero attached hydrogens (tertiary/aromatic N) is 1. The average Bonchev–Trinajstić information content (AvgIpc) is 3.16. The number of hydrogen-bond acceptors (Lipinski definition) is 4. The summed E-state index contributed by atoms with van der Waals surface area (Å²) < 4.78 is 12.0. The molecule has 1 amide bonds. The van der Waals surface area contributed by atoms with E-state index in [1.165, 1.54) is 25.7 Å². The van der Waals surface area contributed by atoms with Gasteiger partial charge in [0.25, 0.3) is 0 Å². The zero-order valence-electron chi connectivity index (χ0n) is 16.0. The number of hydrogen-bond donors (Lipinski definition) is 1. The number of carbonyl (C=O) groups excluding carboxylic acids is 1. The fourth-order valence-electron chi connectivity index (χ4n) is 3.97. The van der Waals surface area contributed by atoms with Crippen LogP contribution < -0.4 is 14.8 Å². The maximum Gasteiger partial charge on any atom is 0.234 e. The molecule has 0 atom stereocenters. The van der Waals surface area contributed by atoms with E-state index in [-0.39, 0.29) is 5.91 Å². The summed E-state index contributed by atoms with van der Waals surface area (Å²) in [4.78, 5) is 14.8.